The van der Waals surface area contributed by atoms with E-state index in [1.807, 2.05) is 24.3 Å². The van der Waals surface area contributed by atoms with Gasteiger partial charge in [-0.1, -0.05) is 28.1 Å². The summed E-state index contributed by atoms with van der Waals surface area (Å²) >= 11 is 3.43. The van der Waals surface area contributed by atoms with E-state index >= 15 is 0 Å². The monoisotopic (exact) mass is 271 g/mol. The van der Waals surface area contributed by atoms with Gasteiger partial charge in [-0.2, -0.15) is 0 Å². The van der Waals surface area contributed by atoms with E-state index in [1.165, 1.54) is 0 Å². The molecule has 1 aliphatic rings. The number of halogens is 1. The number of aliphatic hydroxyl groups is 1. The maximum absolute atomic E-state index is 9.95. The van der Waals surface area contributed by atoms with E-state index in [4.69, 9.17) is 10.5 Å². The molecule has 2 rings (SSSR count). The first-order valence-corrected chi connectivity index (χ1v) is 5.70. The molecule has 1 saturated heterocycles. The van der Waals surface area contributed by atoms with Gasteiger partial charge in [-0.05, 0) is 17.7 Å². The quantitative estimate of drug-likeness (QED) is 0.864. The third-order valence-electron chi connectivity index (χ3n) is 2.98. The number of benzene rings is 1. The molecule has 3 nitrogen and oxygen atoms in total. The van der Waals surface area contributed by atoms with Crippen LogP contribution in [0.15, 0.2) is 28.7 Å². The lowest BCUT2D eigenvalue weighted by atomic mass is 9.74. The highest BCUT2D eigenvalue weighted by Crippen LogP contribution is 2.36. The molecule has 0 bridgehead atoms. The molecule has 4 heteroatoms. The fourth-order valence-electron chi connectivity index (χ4n) is 1.90. The van der Waals surface area contributed by atoms with Crippen LogP contribution >= 0.6 is 15.9 Å². The van der Waals surface area contributed by atoms with Gasteiger partial charge >= 0.3 is 0 Å². The number of ether oxygens (including phenoxy) is 1. The van der Waals surface area contributed by atoms with E-state index < -0.39 is 6.10 Å². The van der Waals surface area contributed by atoms with E-state index in [9.17, 15) is 5.11 Å². The lowest BCUT2D eigenvalue weighted by molar-refractivity contribution is -0.116. The molecule has 0 aromatic heterocycles. The Labute approximate surface area is 97.4 Å². The van der Waals surface area contributed by atoms with E-state index in [2.05, 4.69) is 15.9 Å². The zero-order chi connectivity index (χ0) is 10.9. The maximum Gasteiger partial charge on any atom is 0.0803 e. The summed E-state index contributed by atoms with van der Waals surface area (Å²) in [6.45, 7) is 1.35. The average molecular weight is 272 g/mol. The lowest BCUT2D eigenvalue weighted by Crippen LogP contribution is -2.57. The van der Waals surface area contributed by atoms with Crippen LogP contribution in [-0.2, 0) is 10.2 Å². The van der Waals surface area contributed by atoms with Crippen molar-refractivity contribution in [2.24, 2.45) is 5.73 Å². The van der Waals surface area contributed by atoms with Gasteiger partial charge < -0.3 is 15.6 Å². The number of aliphatic hydroxyl groups excluding tert-OH is 1. The molecule has 1 aromatic carbocycles. The second-order valence-electron chi connectivity index (χ2n) is 3.91. The molecule has 1 unspecified atom stereocenters. The summed E-state index contributed by atoms with van der Waals surface area (Å²) in [5, 5.41) is 9.95. The van der Waals surface area contributed by atoms with Crippen molar-refractivity contribution >= 4 is 15.9 Å². The van der Waals surface area contributed by atoms with Gasteiger partial charge in [0.05, 0.1) is 24.7 Å². The molecule has 1 aromatic rings. The summed E-state index contributed by atoms with van der Waals surface area (Å²) in [4.78, 5) is 0. The molecule has 1 aliphatic heterocycles. The zero-order valence-electron chi connectivity index (χ0n) is 8.32. The Morgan fingerprint density at radius 2 is 2.27 bits per heavy atom. The summed E-state index contributed by atoms with van der Waals surface area (Å²) in [6, 6.07) is 7.95. The fourth-order valence-corrected chi connectivity index (χ4v) is 2.30. The zero-order valence-corrected chi connectivity index (χ0v) is 9.90. The van der Waals surface area contributed by atoms with E-state index in [0.717, 1.165) is 10.0 Å². The molecule has 82 valence electrons. The molecular formula is C11H14BrNO2. The Morgan fingerprint density at radius 3 is 2.73 bits per heavy atom. The Morgan fingerprint density at radius 1 is 1.53 bits per heavy atom. The van der Waals surface area contributed by atoms with Crippen LogP contribution in [0.4, 0.5) is 0 Å². The van der Waals surface area contributed by atoms with Crippen molar-refractivity contribution in [3.05, 3.63) is 34.3 Å². The Kier molecular flexibility index (Phi) is 3.11. The van der Waals surface area contributed by atoms with E-state index in [1.54, 1.807) is 0 Å². The second-order valence-corrected chi connectivity index (χ2v) is 4.83. The number of hydrogen-bond donors (Lipinski definition) is 2. The van der Waals surface area contributed by atoms with Crippen LogP contribution in [0.1, 0.15) is 5.56 Å². The van der Waals surface area contributed by atoms with Crippen LogP contribution < -0.4 is 5.73 Å². The van der Waals surface area contributed by atoms with Crippen LogP contribution in [0.5, 0.6) is 0 Å². The van der Waals surface area contributed by atoms with Crippen LogP contribution in [0, 0.1) is 0 Å². The van der Waals surface area contributed by atoms with Gasteiger partial charge in [0.25, 0.3) is 0 Å². The van der Waals surface area contributed by atoms with E-state index in [0.29, 0.717) is 13.2 Å². The first-order valence-electron chi connectivity index (χ1n) is 4.91. The van der Waals surface area contributed by atoms with Crippen LogP contribution in [-0.4, -0.2) is 31.0 Å². The van der Waals surface area contributed by atoms with Crippen LogP contribution in [0.3, 0.4) is 0 Å². The average Bonchev–Trinajstić information content (AvgIpc) is 2.16. The standard InChI is InChI=1S/C11H14BrNO2/c12-9-3-1-2-8(4-9)11(6-15-7-11)10(14)5-13/h1-4,10,14H,5-7,13H2. The van der Waals surface area contributed by atoms with Gasteiger partial charge in [-0.25, -0.2) is 0 Å². The molecule has 3 N–H and O–H groups in total. The Hall–Kier alpha value is -0.420. The minimum atomic E-state index is -0.541. The second kappa shape index (κ2) is 4.22. The highest BCUT2D eigenvalue weighted by Gasteiger charge is 2.46. The summed E-state index contributed by atoms with van der Waals surface area (Å²) in [7, 11) is 0. The van der Waals surface area contributed by atoms with Gasteiger partial charge in [0, 0.05) is 11.0 Å². The molecule has 1 heterocycles. The minimum absolute atomic E-state index is 0.260. The van der Waals surface area contributed by atoms with Crippen molar-refractivity contribution < 1.29 is 9.84 Å². The Bertz CT molecular complexity index is 352. The van der Waals surface area contributed by atoms with Gasteiger partial charge in [0.2, 0.25) is 0 Å². The highest BCUT2D eigenvalue weighted by molar-refractivity contribution is 9.10. The SMILES string of the molecule is NCC(O)C1(c2cccc(Br)c2)COC1. The van der Waals surface area contributed by atoms with Gasteiger partial charge in [0.1, 0.15) is 0 Å². The third-order valence-corrected chi connectivity index (χ3v) is 3.47. The summed E-state index contributed by atoms with van der Waals surface area (Å²) in [5.41, 5.74) is 6.30. The number of hydrogen-bond acceptors (Lipinski definition) is 3. The van der Waals surface area contributed by atoms with Crippen molar-refractivity contribution in [2.75, 3.05) is 19.8 Å². The van der Waals surface area contributed by atoms with Crippen molar-refractivity contribution in [3.8, 4) is 0 Å². The lowest BCUT2D eigenvalue weighted by Gasteiger charge is -2.45. The Balaban J connectivity index is 2.34. The molecule has 0 aliphatic carbocycles. The topological polar surface area (TPSA) is 55.5 Å². The molecule has 0 radical (unpaired) electrons. The van der Waals surface area contributed by atoms with Gasteiger partial charge in [-0.3, -0.25) is 0 Å². The maximum atomic E-state index is 9.95. The smallest absolute Gasteiger partial charge is 0.0803 e. The summed E-state index contributed by atoms with van der Waals surface area (Å²) < 4.78 is 6.23. The van der Waals surface area contributed by atoms with E-state index in [-0.39, 0.29) is 12.0 Å². The number of rotatable bonds is 3. The molecule has 0 amide bonds. The highest BCUT2D eigenvalue weighted by atomic mass is 79.9. The van der Waals surface area contributed by atoms with Crippen molar-refractivity contribution in [1.29, 1.82) is 0 Å². The van der Waals surface area contributed by atoms with Crippen molar-refractivity contribution in [2.45, 2.75) is 11.5 Å². The summed E-state index contributed by atoms with van der Waals surface area (Å²) in [5.74, 6) is 0. The minimum Gasteiger partial charge on any atom is -0.391 e. The summed E-state index contributed by atoms with van der Waals surface area (Å²) in [6.07, 6.45) is -0.541. The van der Waals surface area contributed by atoms with Gasteiger partial charge in [0.15, 0.2) is 0 Å². The molecule has 0 spiro atoms. The molecule has 1 atom stereocenters. The molecule has 1 fully saturated rings. The largest absolute Gasteiger partial charge is 0.391 e. The third kappa shape index (κ3) is 1.83. The van der Waals surface area contributed by atoms with Crippen LogP contribution in [0.2, 0.25) is 0 Å². The fraction of sp³-hybridized carbons (Fsp3) is 0.455. The normalized spacial score (nSPS) is 20.7. The van der Waals surface area contributed by atoms with Crippen LogP contribution in [0.25, 0.3) is 0 Å². The predicted molar refractivity (Wildman–Crippen MR) is 61.7 cm³/mol. The van der Waals surface area contributed by atoms with Crippen molar-refractivity contribution in [3.63, 3.8) is 0 Å². The first-order chi connectivity index (χ1) is 7.19. The number of nitrogens with two attached hydrogens (primary N) is 1. The molecule has 0 saturated carbocycles. The molecular weight excluding hydrogens is 258 g/mol. The molecule has 15 heavy (non-hydrogen) atoms. The predicted octanol–water partition coefficient (Wildman–Crippen LogP) is 1.04. The van der Waals surface area contributed by atoms with Crippen molar-refractivity contribution in [1.82, 2.24) is 0 Å². The first kappa shape index (κ1) is 11.1. The van der Waals surface area contributed by atoms with Gasteiger partial charge in [-0.15, -0.1) is 0 Å².